The first-order chi connectivity index (χ1) is 11.9. The number of carbonyl (C=O) groups excluding carboxylic acids is 1. The number of rotatable bonds is 3. The Hall–Kier alpha value is -2.08. The molecule has 3 heterocycles. The highest BCUT2D eigenvalue weighted by Crippen LogP contribution is 2.28. The number of pyridine rings is 1. The second-order valence-electron chi connectivity index (χ2n) is 6.55. The number of aromatic amines is 1. The van der Waals surface area contributed by atoms with Crippen LogP contribution in [-0.4, -0.2) is 38.4 Å². The molecule has 1 amide bonds. The zero-order valence-electron chi connectivity index (χ0n) is 14.8. The van der Waals surface area contributed by atoms with E-state index in [1.807, 2.05) is 6.20 Å². The average molecular weight is 363 g/mol. The third-order valence-electron chi connectivity index (χ3n) is 4.94. The van der Waals surface area contributed by atoms with E-state index in [4.69, 9.17) is 11.6 Å². The maximum absolute atomic E-state index is 13.0. The molecule has 6 nitrogen and oxygen atoms in total. The molecule has 0 saturated carbocycles. The van der Waals surface area contributed by atoms with E-state index in [1.165, 1.54) is 0 Å². The van der Waals surface area contributed by atoms with E-state index in [1.54, 1.807) is 24.9 Å². The number of amides is 1. The van der Waals surface area contributed by atoms with Gasteiger partial charge in [-0.25, -0.2) is 4.98 Å². The van der Waals surface area contributed by atoms with Crippen LogP contribution >= 0.6 is 11.6 Å². The lowest BCUT2D eigenvalue weighted by Crippen LogP contribution is -2.42. The predicted octanol–water partition coefficient (Wildman–Crippen LogP) is 2.88. The first-order valence-electron chi connectivity index (χ1n) is 8.63. The van der Waals surface area contributed by atoms with E-state index in [9.17, 15) is 9.59 Å². The number of aromatic nitrogens is 3. The second kappa shape index (κ2) is 7.04. The molecule has 1 aliphatic heterocycles. The van der Waals surface area contributed by atoms with Gasteiger partial charge >= 0.3 is 0 Å². The Kier molecular flexibility index (Phi) is 4.99. The molecule has 1 N–H and O–H groups in total. The van der Waals surface area contributed by atoms with Crippen molar-refractivity contribution in [3.05, 3.63) is 50.4 Å². The number of hydrogen-bond donors (Lipinski definition) is 1. The minimum Gasteiger partial charge on any atom is -0.338 e. The molecular formula is C18H23ClN4O2. The molecule has 1 aliphatic rings. The van der Waals surface area contributed by atoms with Crippen LogP contribution in [0.3, 0.4) is 0 Å². The third-order valence-corrected chi connectivity index (χ3v) is 5.50. The second-order valence-corrected chi connectivity index (χ2v) is 6.93. The molecular weight excluding hydrogens is 340 g/mol. The molecule has 25 heavy (non-hydrogen) atoms. The Labute approximate surface area is 151 Å². The maximum atomic E-state index is 13.0. The van der Waals surface area contributed by atoms with Gasteiger partial charge in [-0.3, -0.25) is 9.59 Å². The highest BCUT2D eigenvalue weighted by molar-refractivity contribution is 6.32. The van der Waals surface area contributed by atoms with Gasteiger partial charge in [0.1, 0.15) is 11.4 Å². The molecule has 1 fully saturated rings. The van der Waals surface area contributed by atoms with Gasteiger partial charge in [-0.2, -0.15) is 0 Å². The number of hydrogen-bond acceptors (Lipinski definition) is 3. The van der Waals surface area contributed by atoms with E-state index < -0.39 is 0 Å². The Balaban J connectivity index is 1.89. The lowest BCUT2D eigenvalue weighted by molar-refractivity contribution is 0.0700. The van der Waals surface area contributed by atoms with Gasteiger partial charge in [-0.15, -0.1) is 0 Å². The molecule has 0 aliphatic carbocycles. The van der Waals surface area contributed by atoms with Gasteiger partial charge in [-0.05, 0) is 39.2 Å². The van der Waals surface area contributed by atoms with Crippen LogP contribution in [0, 0.1) is 13.8 Å². The van der Waals surface area contributed by atoms with Gasteiger partial charge in [0.15, 0.2) is 0 Å². The molecule has 3 rings (SSSR count). The van der Waals surface area contributed by atoms with Crippen molar-refractivity contribution in [2.45, 2.75) is 46.1 Å². The van der Waals surface area contributed by atoms with Gasteiger partial charge in [0.05, 0.1) is 5.02 Å². The highest BCUT2D eigenvalue weighted by atomic mass is 35.5. The van der Waals surface area contributed by atoms with Crippen LogP contribution in [0.25, 0.3) is 0 Å². The fourth-order valence-corrected chi connectivity index (χ4v) is 3.73. The van der Waals surface area contributed by atoms with Gasteiger partial charge < -0.3 is 14.5 Å². The molecule has 1 saturated heterocycles. The minimum absolute atomic E-state index is 0.148. The van der Waals surface area contributed by atoms with Gasteiger partial charge in [0, 0.05) is 43.6 Å². The van der Waals surface area contributed by atoms with Gasteiger partial charge in [-0.1, -0.05) is 11.6 Å². The molecule has 2 aromatic rings. The van der Waals surface area contributed by atoms with Crippen LogP contribution in [0.4, 0.5) is 0 Å². The third kappa shape index (κ3) is 3.23. The van der Waals surface area contributed by atoms with Crippen molar-refractivity contribution >= 4 is 17.5 Å². The molecule has 134 valence electrons. The largest absolute Gasteiger partial charge is 0.338 e. The summed E-state index contributed by atoms with van der Waals surface area (Å²) in [6, 6.07) is 0. The molecule has 0 spiro atoms. The zero-order chi connectivity index (χ0) is 18.1. The zero-order valence-corrected chi connectivity index (χ0v) is 15.6. The average Bonchev–Trinajstić information content (AvgIpc) is 3.08. The van der Waals surface area contributed by atoms with Crippen molar-refractivity contribution < 1.29 is 4.79 Å². The molecule has 0 unspecified atom stereocenters. The van der Waals surface area contributed by atoms with Crippen molar-refractivity contribution in [3.63, 3.8) is 0 Å². The van der Waals surface area contributed by atoms with E-state index in [0.29, 0.717) is 29.4 Å². The number of carbonyl (C=O) groups is 1. The number of likely N-dealkylation sites (tertiary alicyclic amines) is 1. The fraction of sp³-hybridized carbons (Fsp3) is 0.500. The number of H-pyrrole nitrogens is 1. The Morgan fingerprint density at radius 3 is 2.92 bits per heavy atom. The van der Waals surface area contributed by atoms with Crippen molar-refractivity contribution in [3.8, 4) is 0 Å². The summed E-state index contributed by atoms with van der Waals surface area (Å²) in [5.41, 5.74) is 0.906. The van der Waals surface area contributed by atoms with Crippen molar-refractivity contribution in [1.29, 1.82) is 0 Å². The van der Waals surface area contributed by atoms with Crippen LogP contribution in [0.5, 0.6) is 0 Å². The van der Waals surface area contributed by atoms with Crippen LogP contribution in [0.2, 0.25) is 5.02 Å². The molecule has 0 bridgehead atoms. The number of piperidine rings is 1. The smallest absolute Gasteiger partial charge is 0.261 e. The van der Waals surface area contributed by atoms with E-state index in [-0.39, 0.29) is 22.9 Å². The van der Waals surface area contributed by atoms with E-state index in [2.05, 4.69) is 21.5 Å². The molecule has 7 heteroatoms. The number of halogens is 1. The van der Waals surface area contributed by atoms with Gasteiger partial charge in [0.2, 0.25) is 0 Å². The minimum atomic E-state index is -0.374. The topological polar surface area (TPSA) is 71.0 Å². The summed E-state index contributed by atoms with van der Waals surface area (Å²) in [5, 5.41) is 0.443. The summed E-state index contributed by atoms with van der Waals surface area (Å²) in [4.78, 5) is 34.2. The normalized spacial score (nSPS) is 17.8. The highest BCUT2D eigenvalue weighted by Gasteiger charge is 2.30. The van der Waals surface area contributed by atoms with Crippen LogP contribution in [-0.2, 0) is 6.54 Å². The first-order valence-corrected chi connectivity index (χ1v) is 9.01. The Morgan fingerprint density at radius 2 is 2.20 bits per heavy atom. The quantitative estimate of drug-likeness (QED) is 0.912. The maximum Gasteiger partial charge on any atom is 0.261 e. The Morgan fingerprint density at radius 1 is 1.44 bits per heavy atom. The fourth-order valence-electron chi connectivity index (χ4n) is 3.58. The number of aryl methyl sites for hydroxylation is 2. The van der Waals surface area contributed by atoms with Crippen LogP contribution < -0.4 is 5.56 Å². The van der Waals surface area contributed by atoms with Crippen LogP contribution in [0.1, 0.15) is 53.1 Å². The van der Waals surface area contributed by atoms with Gasteiger partial charge in [0.25, 0.3) is 11.5 Å². The number of imidazole rings is 1. The summed E-state index contributed by atoms with van der Waals surface area (Å²) in [5.74, 6) is 0.945. The SMILES string of the molecule is CCn1ccnc1[C@H]1CCCN(C(=O)c2c(C)c(Cl)c(C)[nH]c2=O)C1. The molecule has 0 aromatic carbocycles. The number of nitrogens with zero attached hydrogens (tertiary/aromatic N) is 3. The first kappa shape index (κ1) is 17.7. The lowest BCUT2D eigenvalue weighted by Gasteiger charge is -2.33. The van der Waals surface area contributed by atoms with E-state index in [0.717, 1.165) is 25.2 Å². The predicted molar refractivity (Wildman–Crippen MR) is 97.3 cm³/mol. The molecule has 0 radical (unpaired) electrons. The number of nitrogens with one attached hydrogen (secondary N) is 1. The Bertz CT molecular complexity index is 855. The summed E-state index contributed by atoms with van der Waals surface area (Å²) >= 11 is 6.23. The summed E-state index contributed by atoms with van der Waals surface area (Å²) in [7, 11) is 0. The van der Waals surface area contributed by atoms with Crippen LogP contribution in [0.15, 0.2) is 17.2 Å². The summed E-state index contributed by atoms with van der Waals surface area (Å²) < 4.78 is 2.11. The van der Waals surface area contributed by atoms with Crippen molar-refractivity contribution in [1.82, 2.24) is 19.4 Å². The lowest BCUT2D eigenvalue weighted by atomic mass is 9.96. The van der Waals surface area contributed by atoms with E-state index >= 15 is 0 Å². The molecule has 1 atom stereocenters. The monoisotopic (exact) mass is 362 g/mol. The standard InChI is InChI=1S/C18H23ClN4O2/c1-4-22-9-7-20-16(22)13-6-5-8-23(10-13)18(25)14-11(2)15(19)12(3)21-17(14)24/h7,9,13H,4-6,8,10H2,1-3H3,(H,21,24)/t13-/m0/s1. The van der Waals surface area contributed by atoms with Crippen molar-refractivity contribution in [2.75, 3.05) is 13.1 Å². The van der Waals surface area contributed by atoms with Crippen molar-refractivity contribution in [2.24, 2.45) is 0 Å². The molecule has 2 aromatic heterocycles. The summed E-state index contributed by atoms with van der Waals surface area (Å²) in [6.07, 6.45) is 5.65. The summed E-state index contributed by atoms with van der Waals surface area (Å²) in [6.45, 7) is 7.60.